The number of pyridine rings is 4. The van der Waals surface area contributed by atoms with Gasteiger partial charge in [-0.25, -0.2) is 43.1 Å². The summed E-state index contributed by atoms with van der Waals surface area (Å²) in [4.78, 5) is 88.0. The average molecular weight is 2010 g/mol. The number of piperidine rings is 4. The fourth-order valence-electron chi connectivity index (χ4n) is 20.7. The smallest absolute Gasteiger partial charge is 0.305 e. The molecule has 140 heavy (non-hydrogen) atoms. The maximum absolute atomic E-state index is 15.1. The van der Waals surface area contributed by atoms with Gasteiger partial charge in [0.1, 0.15) is 41.7 Å². The fourth-order valence-corrected chi connectivity index (χ4v) is 21.4. The lowest BCUT2D eigenvalue weighted by atomic mass is 9.92. The van der Waals surface area contributed by atoms with Crippen molar-refractivity contribution in [2.75, 3.05) is 160 Å². The quantitative estimate of drug-likeness (QED) is 0.0325. The Morgan fingerprint density at radius 1 is 0.379 bits per heavy atom. The Bertz CT molecular complexity index is 5450. The van der Waals surface area contributed by atoms with Gasteiger partial charge in [-0.3, -0.25) is 19.2 Å². The number of carboxylic acids is 4. The highest BCUT2D eigenvalue weighted by molar-refractivity contribution is 6.34. The second-order valence-electron chi connectivity index (χ2n) is 38.6. The predicted molar refractivity (Wildman–Crippen MR) is 536 cm³/mol. The zero-order valence-corrected chi connectivity index (χ0v) is 84.0. The number of hydrogen-bond donors (Lipinski definition) is 4. The van der Waals surface area contributed by atoms with Crippen LogP contribution in [0.4, 0.5) is 58.9 Å². The Labute approximate surface area is 834 Å². The van der Waals surface area contributed by atoms with E-state index in [0.29, 0.717) is 138 Å². The maximum Gasteiger partial charge on any atom is 0.305 e. The normalized spacial score (nSPS) is 26.0. The van der Waals surface area contributed by atoms with Crippen LogP contribution in [-0.2, 0) is 23.9 Å². The van der Waals surface area contributed by atoms with Crippen molar-refractivity contribution in [2.45, 2.75) is 183 Å². The van der Waals surface area contributed by atoms with Gasteiger partial charge in [-0.1, -0.05) is 111 Å². The molecule has 8 fully saturated rings. The van der Waals surface area contributed by atoms with Crippen LogP contribution in [0, 0.1) is 82.5 Å². The number of anilines is 8. The van der Waals surface area contributed by atoms with Gasteiger partial charge in [0.05, 0.1) is 141 Å². The van der Waals surface area contributed by atoms with Gasteiger partial charge in [0.25, 0.3) is 5.88 Å². The minimum Gasteiger partial charge on any atom is -0.494 e. The van der Waals surface area contributed by atoms with Crippen LogP contribution in [0.5, 0.6) is 46.5 Å². The van der Waals surface area contributed by atoms with E-state index in [1.54, 1.807) is 65.6 Å². The van der Waals surface area contributed by atoms with Gasteiger partial charge in [0.15, 0.2) is 23.1 Å². The third-order valence-electron chi connectivity index (χ3n) is 29.0. The first-order valence-electron chi connectivity index (χ1n) is 47.9. The van der Waals surface area contributed by atoms with Crippen LogP contribution < -0.4 is 77.1 Å². The van der Waals surface area contributed by atoms with Crippen molar-refractivity contribution in [3.8, 4) is 46.5 Å². The molecule has 0 amide bonds. The Kier molecular flexibility index (Phi) is 37.5. The van der Waals surface area contributed by atoms with Crippen LogP contribution in [-0.4, -0.2) is 243 Å². The first kappa shape index (κ1) is 107. The molecule has 0 bridgehead atoms. The standard InChI is InChI=1S/C27H34F2N2O4.C26H34ClN3O5.C25H32ClFN4O4.C24H32ClN5O4.CH4/c1-16-15-31(23(18(16)3)13-27(32)33)19-5-7-20(8-6-19)35-25-9-10-30(14-17(25)2)24-12-26(34-4)22(29)11-21(24)28;1-17-10-20(11-26(31)32)30(14-17)19-4-6-21(7-5-19)35-24-8-9-29(15-18(24)16-33-2)23-12-25(34-3)28-13-22(23)27;1-14-13-31(20(16(14)3)9-24(32)33)17-7-19(27)25(29-10-17)35-22-5-6-30(12-15(22)2)21-8-23(34-4)28-11-18(21)26;1-14-13-30(19(16(14)3)8-23(31)32)24-27-9-17(10-28-24)34-21-5-6-29(12-15(21)2)20-7-22(33-4)26-11-18(20)25;/h5-8,11-12,16-18,23,25H,9-10,13-15H2,1-4H3,(H,32,33);4-7,12-13,17-18,20,24H,8-11,14-16H2,1-3H3,(H,31,32);7-8,10-11,14-16,20,22H,5-6,9,12-13H2,1-4H3,(H,32,33);7,9-11,14-16,19,21H,5-6,8,12-13H2,1-4H3,(H,31,32);1H4/t16-,17?,18+,23-,25?;17-,18?,20-,24?;14-,15?,16+,20+,22?;14-,15?,16+,19-,21?;/m0100./s1. The molecule has 4 N–H and O–H groups in total. The molecule has 8 saturated heterocycles. The van der Waals surface area contributed by atoms with Crippen molar-refractivity contribution in [3.05, 3.63) is 155 Å². The second-order valence-corrected chi connectivity index (χ2v) is 39.8. The van der Waals surface area contributed by atoms with Crippen molar-refractivity contribution in [2.24, 2.45) is 65.1 Å². The summed E-state index contributed by atoms with van der Waals surface area (Å²) in [5, 5.41) is 39.0. The molecule has 8 aliphatic heterocycles. The molecular weight excluding hydrogens is 1870 g/mol. The predicted octanol–water partition coefficient (Wildman–Crippen LogP) is 18.5. The van der Waals surface area contributed by atoms with E-state index < -0.39 is 41.3 Å². The summed E-state index contributed by atoms with van der Waals surface area (Å²) in [5.74, 6) is 2.21. The van der Waals surface area contributed by atoms with E-state index in [1.165, 1.54) is 19.2 Å². The highest BCUT2D eigenvalue weighted by Gasteiger charge is 2.44. The molecular formula is C103H136Cl3F3N14O17. The van der Waals surface area contributed by atoms with Gasteiger partial charge in [0, 0.05) is 207 Å². The van der Waals surface area contributed by atoms with Crippen LogP contribution in [0.1, 0.15) is 134 Å². The van der Waals surface area contributed by atoms with Crippen molar-refractivity contribution in [1.82, 2.24) is 29.9 Å². The van der Waals surface area contributed by atoms with Crippen LogP contribution in [0.3, 0.4) is 0 Å². The van der Waals surface area contributed by atoms with Crippen LogP contribution in [0.15, 0.2) is 122 Å². The molecule has 762 valence electrons. The number of halogens is 6. The minimum atomic E-state index is -0.860. The average Bonchev–Trinajstić information content (AvgIpc) is 1.51. The number of benzene rings is 3. The maximum atomic E-state index is 15.1. The monoisotopic (exact) mass is 2000 g/mol. The minimum absolute atomic E-state index is 0. The van der Waals surface area contributed by atoms with Crippen molar-refractivity contribution < 1.29 is 95.4 Å². The molecule has 0 aliphatic carbocycles. The molecule has 16 rings (SSSR count). The van der Waals surface area contributed by atoms with Gasteiger partial charge < -0.3 is 102 Å². The summed E-state index contributed by atoms with van der Waals surface area (Å²) in [6.07, 6.45) is 13.9. The number of nitrogens with zero attached hydrogens (tertiary/aromatic N) is 14. The third kappa shape index (κ3) is 26.7. The summed E-state index contributed by atoms with van der Waals surface area (Å²) in [5.41, 5.74) is 5.63. The number of carbonyl (C=O) groups is 4. The van der Waals surface area contributed by atoms with Gasteiger partial charge in [0.2, 0.25) is 23.6 Å². The van der Waals surface area contributed by atoms with E-state index in [0.717, 1.165) is 111 Å². The summed E-state index contributed by atoms with van der Waals surface area (Å²) >= 11 is 19.2. The SMILES string of the molecule is C.COCC1CN(c2cc(OC)ncc2Cl)CCC1Oc1ccc(N2C[C@H](C)C[C@@H]2CC(=O)O)cc1.COc1cc(N2CCC(Oc3ccc(N4C[C@H](C)[C@@H](C)[C@@H]4CC(=O)O)cc3)C(C)C2)c(F)cc1F.COc1cc(N2CCC(Oc3cnc(N4C[C@H](C)[C@@H](C)[C@@H]4CC(=O)O)nc3)C(C)C2)c(Cl)cn1.COc1cc(N2CCC(Oc3ncc(N4C[C@H](C)[C@@H](C)[C@H]4CC(=O)O)cc3F)C(C)C2)c(Cl)cn1. The zero-order chi connectivity index (χ0) is 99.9. The van der Waals surface area contributed by atoms with E-state index in [9.17, 15) is 48.4 Å². The first-order valence-corrected chi connectivity index (χ1v) is 49.0. The zero-order valence-electron chi connectivity index (χ0n) is 81.7. The molecule has 8 unspecified atom stereocenters. The van der Waals surface area contributed by atoms with Gasteiger partial charge in [-0.05, 0) is 96.4 Å². The molecule has 0 spiro atoms. The van der Waals surface area contributed by atoms with E-state index in [2.05, 4.69) is 117 Å². The Morgan fingerprint density at radius 3 is 1.19 bits per heavy atom. The molecule has 13 heterocycles. The summed E-state index contributed by atoms with van der Waals surface area (Å²) < 4.78 is 94.5. The van der Waals surface area contributed by atoms with Crippen molar-refractivity contribution >= 4 is 104 Å². The highest BCUT2D eigenvalue weighted by atomic mass is 35.5. The molecule has 37 heteroatoms. The number of aliphatic carboxylic acids is 4. The fraction of sp³-hybridized carbons (Fsp3) is 0.553. The molecule has 0 radical (unpaired) electrons. The second kappa shape index (κ2) is 48.9. The van der Waals surface area contributed by atoms with E-state index in [1.807, 2.05) is 88.4 Å². The Hall–Kier alpha value is -11.4. The van der Waals surface area contributed by atoms with Crippen molar-refractivity contribution in [3.63, 3.8) is 0 Å². The largest absolute Gasteiger partial charge is 0.494 e. The van der Waals surface area contributed by atoms with Gasteiger partial charge >= 0.3 is 23.9 Å². The van der Waals surface area contributed by atoms with Crippen LogP contribution in [0.2, 0.25) is 15.1 Å². The lowest BCUT2D eigenvalue weighted by Crippen LogP contribution is -2.47. The molecule has 19 atom stereocenters. The summed E-state index contributed by atoms with van der Waals surface area (Å²) in [6.45, 7) is 30.4. The molecule has 8 aromatic rings. The molecule has 31 nitrogen and oxygen atoms in total. The molecule has 8 aliphatic rings. The lowest BCUT2D eigenvalue weighted by Gasteiger charge is -2.39. The Morgan fingerprint density at radius 2 is 0.771 bits per heavy atom. The van der Waals surface area contributed by atoms with Gasteiger partial charge in [-0.15, -0.1) is 0 Å². The summed E-state index contributed by atoms with van der Waals surface area (Å²) in [6, 6.07) is 24.8. The van der Waals surface area contributed by atoms with E-state index in [4.69, 9.17) is 77.4 Å². The van der Waals surface area contributed by atoms with E-state index in [-0.39, 0.29) is 129 Å². The number of methoxy groups -OCH3 is 5. The molecule has 0 saturated carbocycles. The molecule has 3 aromatic carbocycles. The number of carboxylic acid groups (broad SMARTS) is 4. The van der Waals surface area contributed by atoms with Crippen LogP contribution >= 0.6 is 34.8 Å². The number of rotatable bonds is 30. The van der Waals surface area contributed by atoms with E-state index >= 15 is 4.39 Å². The number of ether oxygens (including phenoxy) is 9. The number of aromatic nitrogens is 6. The Balaban J connectivity index is 0.000000167. The topological polar surface area (TPSA) is 336 Å². The lowest BCUT2D eigenvalue weighted by molar-refractivity contribution is -0.138. The number of hydrogen-bond acceptors (Lipinski definition) is 27. The highest BCUT2D eigenvalue weighted by Crippen LogP contribution is 2.44. The van der Waals surface area contributed by atoms with Crippen molar-refractivity contribution in [1.29, 1.82) is 0 Å². The summed E-state index contributed by atoms with van der Waals surface area (Å²) in [7, 11) is 7.82. The molecule has 5 aromatic heterocycles. The third-order valence-corrected chi connectivity index (χ3v) is 29.9. The van der Waals surface area contributed by atoms with Crippen LogP contribution in [0.25, 0.3) is 0 Å². The van der Waals surface area contributed by atoms with Gasteiger partial charge in [-0.2, -0.15) is 0 Å². The first-order chi connectivity index (χ1) is 66.5.